The van der Waals surface area contributed by atoms with Crippen molar-refractivity contribution in [3.8, 4) is 0 Å². The van der Waals surface area contributed by atoms with E-state index in [2.05, 4.69) is 55.4 Å². The molecule has 134 valence electrons. The third kappa shape index (κ3) is 3.64. The van der Waals surface area contributed by atoms with Gasteiger partial charge in [-0.05, 0) is 54.9 Å². The monoisotopic (exact) mass is 339 g/mol. The van der Waals surface area contributed by atoms with Gasteiger partial charge in [0.2, 0.25) is 0 Å². The maximum Gasteiger partial charge on any atom is 0.108 e. The minimum atomic E-state index is 0.478. The van der Waals surface area contributed by atoms with Gasteiger partial charge in [0.05, 0.1) is 26.0 Å². The summed E-state index contributed by atoms with van der Waals surface area (Å²) in [7, 11) is 0. The SMILES string of the molecule is CC1=CC(C)C(Cn2cc(COCC3CC4C=CC3C4)nn2)=CC1C. The number of ether oxygens (including phenoxy) is 1. The second kappa shape index (κ2) is 6.91. The molecule has 0 spiro atoms. The van der Waals surface area contributed by atoms with E-state index in [-0.39, 0.29) is 0 Å². The minimum absolute atomic E-state index is 0.478. The zero-order chi connectivity index (χ0) is 17.4. The molecule has 1 saturated carbocycles. The molecule has 25 heavy (non-hydrogen) atoms. The van der Waals surface area contributed by atoms with Gasteiger partial charge >= 0.3 is 0 Å². The Morgan fingerprint density at radius 1 is 1.16 bits per heavy atom. The topological polar surface area (TPSA) is 39.9 Å². The lowest BCUT2D eigenvalue weighted by Crippen LogP contribution is -2.14. The number of aromatic nitrogens is 3. The average Bonchev–Trinajstić information content (AvgIpc) is 3.30. The molecule has 1 aromatic rings. The fourth-order valence-electron chi connectivity index (χ4n) is 4.52. The molecule has 1 fully saturated rings. The first-order chi connectivity index (χ1) is 12.1. The second-order valence-corrected chi connectivity index (χ2v) is 8.19. The van der Waals surface area contributed by atoms with Crippen molar-refractivity contribution in [2.24, 2.45) is 29.6 Å². The fraction of sp³-hybridized carbons (Fsp3) is 0.619. The lowest BCUT2D eigenvalue weighted by atomic mass is 9.85. The van der Waals surface area contributed by atoms with Crippen molar-refractivity contribution in [2.45, 2.75) is 46.8 Å². The third-order valence-corrected chi connectivity index (χ3v) is 6.21. The van der Waals surface area contributed by atoms with E-state index in [0.717, 1.165) is 30.7 Å². The summed E-state index contributed by atoms with van der Waals surface area (Å²) in [5.74, 6) is 3.26. The van der Waals surface area contributed by atoms with Crippen LogP contribution in [-0.4, -0.2) is 21.6 Å². The van der Waals surface area contributed by atoms with Crippen LogP contribution in [0.3, 0.4) is 0 Å². The number of allylic oxidation sites excluding steroid dienone is 6. The van der Waals surface area contributed by atoms with Gasteiger partial charge in [0.1, 0.15) is 5.69 Å². The largest absolute Gasteiger partial charge is 0.375 e. The average molecular weight is 339 g/mol. The van der Waals surface area contributed by atoms with E-state index in [1.54, 1.807) is 0 Å². The second-order valence-electron chi connectivity index (χ2n) is 8.19. The molecule has 3 aliphatic carbocycles. The molecule has 1 heterocycles. The highest BCUT2D eigenvalue weighted by Gasteiger charge is 2.35. The predicted octanol–water partition coefficient (Wildman–Crippen LogP) is 4.17. The summed E-state index contributed by atoms with van der Waals surface area (Å²) >= 11 is 0. The molecule has 0 N–H and O–H groups in total. The lowest BCUT2D eigenvalue weighted by Gasteiger charge is -2.22. The highest BCUT2D eigenvalue weighted by molar-refractivity contribution is 5.26. The molecule has 0 amide bonds. The summed E-state index contributed by atoms with van der Waals surface area (Å²) < 4.78 is 7.88. The molecule has 1 aromatic heterocycles. The van der Waals surface area contributed by atoms with Gasteiger partial charge in [0.15, 0.2) is 0 Å². The van der Waals surface area contributed by atoms with Gasteiger partial charge in [-0.3, -0.25) is 0 Å². The molecule has 5 unspecified atom stereocenters. The summed E-state index contributed by atoms with van der Waals surface area (Å²) in [5.41, 5.74) is 3.81. The molecular weight excluding hydrogens is 310 g/mol. The van der Waals surface area contributed by atoms with Crippen LogP contribution in [0, 0.1) is 29.6 Å². The van der Waals surface area contributed by atoms with Crippen molar-refractivity contribution in [1.82, 2.24) is 15.0 Å². The Kier molecular flexibility index (Phi) is 4.63. The molecular formula is C21H29N3O. The van der Waals surface area contributed by atoms with E-state index >= 15 is 0 Å². The summed E-state index contributed by atoms with van der Waals surface area (Å²) in [6.45, 7) is 8.96. The number of hydrogen-bond acceptors (Lipinski definition) is 3. The molecule has 0 aromatic carbocycles. The van der Waals surface area contributed by atoms with Crippen molar-refractivity contribution < 1.29 is 4.74 Å². The quantitative estimate of drug-likeness (QED) is 0.731. The van der Waals surface area contributed by atoms with E-state index in [4.69, 9.17) is 4.74 Å². The summed E-state index contributed by atoms with van der Waals surface area (Å²) in [5, 5.41) is 8.58. The van der Waals surface area contributed by atoms with Crippen molar-refractivity contribution in [3.05, 3.63) is 47.3 Å². The summed E-state index contributed by atoms with van der Waals surface area (Å²) in [6, 6.07) is 0. The van der Waals surface area contributed by atoms with E-state index in [1.807, 2.05) is 10.9 Å². The molecule has 0 saturated heterocycles. The van der Waals surface area contributed by atoms with Crippen molar-refractivity contribution in [2.75, 3.05) is 6.61 Å². The van der Waals surface area contributed by atoms with Crippen LogP contribution in [0.15, 0.2) is 41.6 Å². The highest BCUT2D eigenvalue weighted by Crippen LogP contribution is 2.43. The third-order valence-electron chi connectivity index (χ3n) is 6.21. The van der Waals surface area contributed by atoms with Gasteiger partial charge in [-0.2, -0.15) is 0 Å². The van der Waals surface area contributed by atoms with Crippen LogP contribution in [0.1, 0.15) is 39.3 Å². The van der Waals surface area contributed by atoms with Crippen molar-refractivity contribution in [3.63, 3.8) is 0 Å². The number of fused-ring (bicyclic) bond motifs is 2. The standard InChI is InChI=1S/C21H29N3O/c1-14-6-16(3)19(7-15(14)2)10-24-11-21(22-23-24)13-25-12-20-9-17-4-5-18(20)8-17/h4-7,11,15-18,20H,8-10,12-13H2,1-3H3. The lowest BCUT2D eigenvalue weighted by molar-refractivity contribution is 0.0768. The first kappa shape index (κ1) is 16.8. The van der Waals surface area contributed by atoms with Crippen LogP contribution < -0.4 is 0 Å². The Morgan fingerprint density at radius 2 is 2.04 bits per heavy atom. The van der Waals surface area contributed by atoms with Gasteiger partial charge in [0, 0.05) is 0 Å². The Labute approximate surface area is 150 Å². The van der Waals surface area contributed by atoms with E-state index in [1.165, 1.54) is 24.0 Å². The fourth-order valence-corrected chi connectivity index (χ4v) is 4.52. The van der Waals surface area contributed by atoms with Crippen LogP contribution in [-0.2, 0) is 17.9 Å². The van der Waals surface area contributed by atoms with Gasteiger partial charge < -0.3 is 4.74 Å². The Hall–Kier alpha value is -1.68. The number of nitrogens with zero attached hydrogens (tertiary/aromatic N) is 3. The van der Waals surface area contributed by atoms with E-state index in [9.17, 15) is 0 Å². The van der Waals surface area contributed by atoms with Gasteiger partial charge in [-0.25, -0.2) is 4.68 Å². The normalized spacial score (nSPS) is 33.6. The summed E-state index contributed by atoms with van der Waals surface area (Å²) in [4.78, 5) is 0. The minimum Gasteiger partial charge on any atom is -0.375 e. The Balaban J connectivity index is 1.27. The molecule has 5 atom stereocenters. The van der Waals surface area contributed by atoms with Gasteiger partial charge in [-0.15, -0.1) is 5.10 Å². The smallest absolute Gasteiger partial charge is 0.108 e. The maximum atomic E-state index is 5.94. The first-order valence-electron chi connectivity index (χ1n) is 9.62. The van der Waals surface area contributed by atoms with Gasteiger partial charge in [-0.1, -0.05) is 48.9 Å². The first-order valence-corrected chi connectivity index (χ1v) is 9.62. The van der Waals surface area contributed by atoms with E-state index < -0.39 is 0 Å². The number of hydrogen-bond donors (Lipinski definition) is 0. The summed E-state index contributed by atoms with van der Waals surface area (Å²) in [6.07, 6.45) is 14.2. The molecule has 4 heteroatoms. The predicted molar refractivity (Wildman–Crippen MR) is 98.7 cm³/mol. The zero-order valence-electron chi connectivity index (χ0n) is 15.6. The molecule has 0 radical (unpaired) electrons. The number of rotatable bonds is 6. The zero-order valence-corrected chi connectivity index (χ0v) is 15.6. The van der Waals surface area contributed by atoms with Crippen LogP contribution in [0.5, 0.6) is 0 Å². The Bertz CT molecular complexity index is 714. The van der Waals surface area contributed by atoms with Crippen molar-refractivity contribution in [1.29, 1.82) is 0 Å². The van der Waals surface area contributed by atoms with Crippen LogP contribution in [0.4, 0.5) is 0 Å². The van der Waals surface area contributed by atoms with Crippen LogP contribution in [0.25, 0.3) is 0 Å². The maximum absolute atomic E-state index is 5.94. The van der Waals surface area contributed by atoms with E-state index in [0.29, 0.717) is 24.4 Å². The molecule has 0 aliphatic heterocycles. The molecule has 3 aliphatic rings. The van der Waals surface area contributed by atoms with Crippen LogP contribution >= 0.6 is 0 Å². The van der Waals surface area contributed by atoms with Crippen LogP contribution in [0.2, 0.25) is 0 Å². The van der Waals surface area contributed by atoms with Crippen molar-refractivity contribution >= 4 is 0 Å². The highest BCUT2D eigenvalue weighted by atomic mass is 16.5. The van der Waals surface area contributed by atoms with Gasteiger partial charge in [0.25, 0.3) is 0 Å². The molecule has 2 bridgehead atoms. The molecule has 4 nitrogen and oxygen atoms in total. The molecule has 4 rings (SSSR count). The Morgan fingerprint density at radius 3 is 2.80 bits per heavy atom.